The van der Waals surface area contributed by atoms with Crippen molar-refractivity contribution in [2.24, 2.45) is 5.73 Å². The van der Waals surface area contributed by atoms with Crippen molar-refractivity contribution in [3.8, 4) is 0 Å². The second kappa shape index (κ2) is 3.54. The Morgan fingerprint density at radius 3 is 2.50 bits per heavy atom. The summed E-state index contributed by atoms with van der Waals surface area (Å²) in [7, 11) is 0.00656. The van der Waals surface area contributed by atoms with Gasteiger partial charge in [0.1, 0.15) is 0 Å². The Balaban J connectivity index is 2.75. The molecule has 0 amide bonds. The summed E-state index contributed by atoms with van der Waals surface area (Å²) >= 11 is 0. The van der Waals surface area contributed by atoms with Crippen LogP contribution in [0.5, 0.6) is 0 Å². The molecule has 2 nitrogen and oxygen atoms in total. The Morgan fingerprint density at radius 2 is 2.50 bits per heavy atom. The van der Waals surface area contributed by atoms with Crippen LogP contribution in [0, 0.1) is 0 Å². The average Bonchev–Trinajstić information content (AvgIpc) is 1.65. The maximum atomic E-state index is 8.28. The van der Waals surface area contributed by atoms with Gasteiger partial charge < -0.3 is 10.6 Å². The lowest BCUT2D eigenvalue weighted by atomic mass is 10.5. The first-order valence-electron chi connectivity index (χ1n) is 1.91. The van der Waals surface area contributed by atoms with Crippen LogP contribution in [0.1, 0.15) is 6.92 Å². The zero-order chi connectivity index (χ0) is 4.99. The maximum absolute atomic E-state index is 8.28. The van der Waals surface area contributed by atoms with E-state index in [9.17, 15) is 0 Å². The first-order valence-corrected chi connectivity index (χ1v) is 2.93. The standard InChI is InChI=1S/C3H10NOP/c1-3(2-4)6-5/h3,5-6H,2,4H2,1H3. The van der Waals surface area contributed by atoms with Gasteiger partial charge in [-0.15, -0.1) is 0 Å². The predicted molar refractivity (Wildman–Crippen MR) is 29.1 cm³/mol. The molecule has 3 N–H and O–H groups in total. The van der Waals surface area contributed by atoms with Crippen molar-refractivity contribution in [3.05, 3.63) is 0 Å². The van der Waals surface area contributed by atoms with Crippen LogP contribution in [0.25, 0.3) is 0 Å². The molecule has 2 atom stereocenters. The van der Waals surface area contributed by atoms with Crippen LogP contribution < -0.4 is 5.73 Å². The summed E-state index contributed by atoms with van der Waals surface area (Å²) in [5.41, 5.74) is 5.43. The van der Waals surface area contributed by atoms with Crippen molar-refractivity contribution >= 4 is 8.81 Å². The zero-order valence-corrected chi connectivity index (χ0v) is 4.81. The van der Waals surface area contributed by atoms with E-state index >= 15 is 0 Å². The summed E-state index contributed by atoms with van der Waals surface area (Å²) in [4.78, 5) is 8.28. The minimum absolute atomic E-state index is 0.00656. The van der Waals surface area contributed by atoms with Crippen molar-refractivity contribution in [2.75, 3.05) is 6.54 Å². The molecule has 2 unspecified atom stereocenters. The van der Waals surface area contributed by atoms with Gasteiger partial charge in [-0.05, 0) is 0 Å². The van der Waals surface area contributed by atoms with Crippen molar-refractivity contribution in [1.82, 2.24) is 0 Å². The quantitative estimate of drug-likeness (QED) is 0.485. The van der Waals surface area contributed by atoms with E-state index in [1.165, 1.54) is 0 Å². The van der Waals surface area contributed by atoms with Crippen molar-refractivity contribution in [3.63, 3.8) is 0 Å². The highest BCUT2D eigenvalue weighted by Crippen LogP contribution is 2.08. The average molecular weight is 107 g/mol. The Bertz CT molecular complexity index is 30.0. The highest BCUT2D eigenvalue weighted by Gasteiger charge is 1.90. The third kappa shape index (κ3) is 2.58. The molecule has 0 aromatic rings. The normalized spacial score (nSPS) is 16.5. The van der Waals surface area contributed by atoms with Crippen molar-refractivity contribution in [2.45, 2.75) is 12.6 Å². The van der Waals surface area contributed by atoms with Crippen LogP contribution in [0.15, 0.2) is 0 Å². The maximum Gasteiger partial charge on any atom is 0.0148 e. The van der Waals surface area contributed by atoms with E-state index in [0.717, 1.165) is 0 Å². The third-order valence-corrected chi connectivity index (χ3v) is 1.25. The van der Waals surface area contributed by atoms with Gasteiger partial charge in [-0.25, -0.2) is 0 Å². The van der Waals surface area contributed by atoms with E-state index in [-0.39, 0.29) is 8.81 Å². The molecule has 0 aliphatic heterocycles. The van der Waals surface area contributed by atoms with Gasteiger partial charge in [-0.3, -0.25) is 0 Å². The summed E-state index contributed by atoms with van der Waals surface area (Å²) in [6, 6.07) is 0. The summed E-state index contributed by atoms with van der Waals surface area (Å²) in [6.07, 6.45) is 0. The van der Waals surface area contributed by atoms with Crippen LogP contribution >= 0.6 is 8.81 Å². The van der Waals surface area contributed by atoms with Gasteiger partial charge in [-0.1, -0.05) is 6.92 Å². The van der Waals surface area contributed by atoms with Crippen LogP contribution in [0.2, 0.25) is 0 Å². The Hall–Kier alpha value is 0.350. The van der Waals surface area contributed by atoms with E-state index in [1.807, 2.05) is 6.92 Å². The molecule has 0 saturated carbocycles. The monoisotopic (exact) mass is 107 g/mol. The SMILES string of the molecule is CC(CN)PO. The van der Waals surface area contributed by atoms with Crippen LogP contribution in [-0.2, 0) is 0 Å². The Morgan fingerprint density at radius 1 is 2.00 bits per heavy atom. The van der Waals surface area contributed by atoms with Crippen molar-refractivity contribution < 1.29 is 4.89 Å². The highest BCUT2D eigenvalue weighted by molar-refractivity contribution is 7.32. The second-order valence-electron chi connectivity index (χ2n) is 1.27. The summed E-state index contributed by atoms with van der Waals surface area (Å²) in [5, 5.41) is 0. The summed E-state index contributed by atoms with van der Waals surface area (Å²) in [6.45, 7) is 2.51. The van der Waals surface area contributed by atoms with E-state index in [2.05, 4.69) is 0 Å². The van der Waals surface area contributed by atoms with E-state index in [1.54, 1.807) is 0 Å². The lowest BCUT2D eigenvalue weighted by molar-refractivity contribution is 0.631. The molecule has 0 rings (SSSR count). The smallest absolute Gasteiger partial charge is 0.0148 e. The lowest BCUT2D eigenvalue weighted by Gasteiger charge is -1.97. The van der Waals surface area contributed by atoms with Gasteiger partial charge in [0.25, 0.3) is 0 Å². The molecule has 0 saturated heterocycles. The number of rotatable bonds is 2. The molecule has 0 bridgehead atoms. The fourth-order valence-electron chi connectivity index (χ4n) is 0.0527. The van der Waals surface area contributed by atoms with Gasteiger partial charge in [0, 0.05) is 21.0 Å². The first kappa shape index (κ1) is 6.35. The van der Waals surface area contributed by atoms with Gasteiger partial charge >= 0.3 is 0 Å². The van der Waals surface area contributed by atoms with E-state index in [0.29, 0.717) is 12.2 Å². The number of nitrogens with two attached hydrogens (primary N) is 1. The lowest BCUT2D eigenvalue weighted by Crippen LogP contribution is -2.10. The minimum Gasteiger partial charge on any atom is -0.377 e. The van der Waals surface area contributed by atoms with Gasteiger partial charge in [0.2, 0.25) is 0 Å². The molecule has 0 aliphatic carbocycles. The number of hydrogen-bond acceptors (Lipinski definition) is 2. The van der Waals surface area contributed by atoms with E-state index < -0.39 is 0 Å². The molecule has 38 valence electrons. The van der Waals surface area contributed by atoms with Gasteiger partial charge in [0.05, 0.1) is 0 Å². The molecular weight excluding hydrogens is 97.0 g/mol. The number of hydrogen-bond donors (Lipinski definition) is 2. The topological polar surface area (TPSA) is 46.2 Å². The van der Waals surface area contributed by atoms with Crippen LogP contribution in [0.4, 0.5) is 0 Å². The molecule has 0 aliphatic rings. The van der Waals surface area contributed by atoms with Crippen LogP contribution in [-0.4, -0.2) is 17.1 Å². The first-order chi connectivity index (χ1) is 2.81. The Labute approximate surface area is 39.6 Å². The largest absolute Gasteiger partial charge is 0.377 e. The fraction of sp³-hybridized carbons (Fsp3) is 1.00. The summed E-state index contributed by atoms with van der Waals surface area (Å²) < 4.78 is 0. The second-order valence-corrected chi connectivity index (χ2v) is 2.51. The molecule has 0 heterocycles. The Kier molecular flexibility index (Phi) is 3.74. The zero-order valence-electron chi connectivity index (χ0n) is 3.81. The van der Waals surface area contributed by atoms with Crippen LogP contribution in [0.3, 0.4) is 0 Å². The molecule has 0 radical (unpaired) electrons. The molecule has 0 aromatic heterocycles. The molecule has 6 heavy (non-hydrogen) atoms. The molecule has 0 spiro atoms. The fourth-order valence-corrected chi connectivity index (χ4v) is 0.158. The molecular formula is C3H10NOP. The van der Waals surface area contributed by atoms with Crippen molar-refractivity contribution in [1.29, 1.82) is 0 Å². The summed E-state index contributed by atoms with van der Waals surface area (Å²) in [5.74, 6) is 0. The third-order valence-electron chi connectivity index (χ3n) is 0.574. The molecule has 0 aromatic carbocycles. The molecule has 0 fully saturated rings. The highest BCUT2D eigenvalue weighted by atomic mass is 31.1. The minimum atomic E-state index is 0.00656. The van der Waals surface area contributed by atoms with Gasteiger partial charge in [-0.2, -0.15) is 0 Å². The molecule has 3 heteroatoms. The van der Waals surface area contributed by atoms with Gasteiger partial charge in [0.15, 0.2) is 0 Å². The van der Waals surface area contributed by atoms with E-state index in [4.69, 9.17) is 10.6 Å². The predicted octanol–water partition coefficient (Wildman–Crippen LogP) is -0.0806.